The fourth-order valence-corrected chi connectivity index (χ4v) is 2.43. The molecule has 0 amide bonds. The third-order valence-corrected chi connectivity index (χ3v) is 3.62. The Morgan fingerprint density at radius 2 is 2.06 bits per heavy atom. The summed E-state index contributed by atoms with van der Waals surface area (Å²) in [6.45, 7) is 0.0681. The molecule has 2 N–H and O–H groups in total. The number of nitrogens with one attached hydrogen (secondary N) is 1. The summed E-state index contributed by atoms with van der Waals surface area (Å²) in [7, 11) is -3.35. The highest BCUT2D eigenvalue weighted by atomic mass is 32.2. The van der Waals surface area contributed by atoms with Gasteiger partial charge in [-0.3, -0.25) is 0 Å². The topological polar surface area (TPSA) is 66.4 Å². The van der Waals surface area contributed by atoms with E-state index in [9.17, 15) is 12.8 Å². The summed E-state index contributed by atoms with van der Waals surface area (Å²) in [5.41, 5.74) is 0.579. The first-order valence-electron chi connectivity index (χ1n) is 5.36. The molecular formula is C11H16FNO3S. The van der Waals surface area contributed by atoms with Gasteiger partial charge in [0, 0.05) is 13.2 Å². The lowest BCUT2D eigenvalue weighted by atomic mass is 10.2. The van der Waals surface area contributed by atoms with Crippen LogP contribution in [0.15, 0.2) is 24.3 Å². The van der Waals surface area contributed by atoms with Gasteiger partial charge in [-0.15, -0.1) is 0 Å². The molecule has 0 heterocycles. The van der Waals surface area contributed by atoms with Crippen LogP contribution in [0.2, 0.25) is 0 Å². The standard InChI is InChI=1S/C11H16FNO3S/c12-11-5-3-4-10(8-11)9-13-17(15,16)7-2-1-6-14/h3-5,8,13-14H,1-2,6-7,9H2. The largest absolute Gasteiger partial charge is 0.396 e. The predicted octanol–water partition coefficient (Wildman–Crippen LogP) is 1.02. The van der Waals surface area contributed by atoms with E-state index in [4.69, 9.17) is 5.11 Å². The van der Waals surface area contributed by atoms with Gasteiger partial charge in [0.25, 0.3) is 0 Å². The molecule has 17 heavy (non-hydrogen) atoms. The molecule has 96 valence electrons. The molecule has 0 aliphatic carbocycles. The molecule has 0 spiro atoms. The quantitative estimate of drug-likeness (QED) is 0.720. The van der Waals surface area contributed by atoms with Gasteiger partial charge in [-0.2, -0.15) is 0 Å². The zero-order valence-corrected chi connectivity index (χ0v) is 10.2. The van der Waals surface area contributed by atoms with Gasteiger partial charge in [-0.05, 0) is 30.5 Å². The molecule has 0 unspecified atom stereocenters. The highest BCUT2D eigenvalue weighted by molar-refractivity contribution is 7.89. The third kappa shape index (κ3) is 5.76. The van der Waals surface area contributed by atoms with Crippen LogP contribution in [-0.4, -0.2) is 25.9 Å². The molecule has 1 aromatic carbocycles. The minimum atomic E-state index is -3.35. The van der Waals surface area contributed by atoms with E-state index in [1.165, 1.54) is 18.2 Å². The van der Waals surface area contributed by atoms with Crippen molar-refractivity contribution in [1.29, 1.82) is 0 Å². The maximum atomic E-state index is 12.8. The van der Waals surface area contributed by atoms with E-state index < -0.39 is 10.0 Å². The Kier molecular flexibility index (Phi) is 5.54. The van der Waals surface area contributed by atoms with Crippen LogP contribution in [0.1, 0.15) is 18.4 Å². The highest BCUT2D eigenvalue weighted by Gasteiger charge is 2.09. The zero-order chi connectivity index (χ0) is 12.7. The van der Waals surface area contributed by atoms with Crippen LogP contribution in [0.5, 0.6) is 0 Å². The second-order valence-corrected chi connectivity index (χ2v) is 5.63. The van der Waals surface area contributed by atoms with Crippen molar-refractivity contribution in [2.75, 3.05) is 12.4 Å². The maximum Gasteiger partial charge on any atom is 0.211 e. The molecule has 0 bridgehead atoms. The van der Waals surface area contributed by atoms with Gasteiger partial charge in [0.15, 0.2) is 0 Å². The van der Waals surface area contributed by atoms with Crippen molar-refractivity contribution < 1.29 is 17.9 Å². The summed E-state index contributed by atoms with van der Waals surface area (Å²) in [5, 5.41) is 8.54. The third-order valence-electron chi connectivity index (χ3n) is 2.21. The number of hydrogen-bond acceptors (Lipinski definition) is 3. The monoisotopic (exact) mass is 261 g/mol. The molecule has 4 nitrogen and oxygen atoms in total. The Bertz CT molecular complexity index is 448. The van der Waals surface area contributed by atoms with Crippen molar-refractivity contribution >= 4 is 10.0 Å². The fourth-order valence-electron chi connectivity index (χ4n) is 1.32. The van der Waals surface area contributed by atoms with Crippen LogP contribution in [0.3, 0.4) is 0 Å². The zero-order valence-electron chi connectivity index (χ0n) is 9.39. The second kappa shape index (κ2) is 6.68. The molecule has 0 aliphatic heterocycles. The van der Waals surface area contributed by atoms with E-state index in [1.54, 1.807) is 6.07 Å². The minimum Gasteiger partial charge on any atom is -0.396 e. The number of rotatable bonds is 7. The Morgan fingerprint density at radius 1 is 1.29 bits per heavy atom. The normalized spacial score (nSPS) is 11.6. The molecule has 6 heteroatoms. The van der Waals surface area contributed by atoms with E-state index in [-0.39, 0.29) is 24.7 Å². The number of aliphatic hydroxyl groups is 1. The number of sulfonamides is 1. The van der Waals surface area contributed by atoms with E-state index in [1.807, 2.05) is 0 Å². The second-order valence-electron chi connectivity index (χ2n) is 3.70. The smallest absolute Gasteiger partial charge is 0.211 e. The highest BCUT2D eigenvalue weighted by Crippen LogP contribution is 2.04. The summed E-state index contributed by atoms with van der Waals surface area (Å²) in [5.74, 6) is -0.412. The first-order valence-corrected chi connectivity index (χ1v) is 7.01. The van der Waals surface area contributed by atoms with Crippen molar-refractivity contribution in [2.45, 2.75) is 19.4 Å². The summed E-state index contributed by atoms with van der Waals surface area (Å²) in [6, 6.07) is 5.78. The van der Waals surface area contributed by atoms with Gasteiger partial charge in [0.1, 0.15) is 5.82 Å². The molecule has 1 rings (SSSR count). The first-order chi connectivity index (χ1) is 8.03. The van der Waals surface area contributed by atoms with E-state index in [0.717, 1.165) is 0 Å². The average Bonchev–Trinajstić information content (AvgIpc) is 2.27. The Labute approximate surface area is 101 Å². The number of benzene rings is 1. The van der Waals surface area contributed by atoms with Crippen molar-refractivity contribution in [3.8, 4) is 0 Å². The number of hydrogen-bond donors (Lipinski definition) is 2. The van der Waals surface area contributed by atoms with E-state index >= 15 is 0 Å². The van der Waals surface area contributed by atoms with Crippen molar-refractivity contribution in [1.82, 2.24) is 4.72 Å². The number of unbranched alkanes of at least 4 members (excludes halogenated alkanes) is 1. The van der Waals surface area contributed by atoms with Crippen LogP contribution in [-0.2, 0) is 16.6 Å². The van der Waals surface area contributed by atoms with E-state index in [2.05, 4.69) is 4.72 Å². The molecule has 0 aromatic heterocycles. The van der Waals surface area contributed by atoms with Gasteiger partial charge < -0.3 is 5.11 Å². The molecule has 0 saturated heterocycles. The lowest BCUT2D eigenvalue weighted by Gasteiger charge is -2.06. The summed E-state index contributed by atoms with van der Waals surface area (Å²) >= 11 is 0. The van der Waals surface area contributed by atoms with Gasteiger partial charge in [-0.25, -0.2) is 17.5 Å². The van der Waals surface area contributed by atoms with Gasteiger partial charge in [-0.1, -0.05) is 12.1 Å². The SMILES string of the molecule is O=S(=O)(CCCCO)NCc1cccc(F)c1. The number of aliphatic hydroxyl groups excluding tert-OH is 1. The lowest BCUT2D eigenvalue weighted by Crippen LogP contribution is -2.26. The average molecular weight is 261 g/mol. The van der Waals surface area contributed by atoms with Gasteiger partial charge >= 0.3 is 0 Å². The summed E-state index contributed by atoms with van der Waals surface area (Å²) < 4.78 is 38.2. The first kappa shape index (κ1) is 14.1. The maximum absolute atomic E-state index is 12.8. The van der Waals surface area contributed by atoms with E-state index in [0.29, 0.717) is 18.4 Å². The molecule has 0 atom stereocenters. The van der Waals surface area contributed by atoms with Crippen molar-refractivity contribution in [3.05, 3.63) is 35.6 Å². The summed E-state index contributed by atoms with van der Waals surface area (Å²) in [4.78, 5) is 0. The van der Waals surface area contributed by atoms with Gasteiger partial charge in [0.05, 0.1) is 5.75 Å². The molecule has 0 fully saturated rings. The van der Waals surface area contributed by atoms with Crippen LogP contribution in [0.25, 0.3) is 0 Å². The van der Waals surface area contributed by atoms with Crippen LogP contribution in [0.4, 0.5) is 4.39 Å². The number of halogens is 1. The van der Waals surface area contributed by atoms with Crippen molar-refractivity contribution in [2.24, 2.45) is 0 Å². The fraction of sp³-hybridized carbons (Fsp3) is 0.455. The van der Waals surface area contributed by atoms with Crippen LogP contribution < -0.4 is 4.72 Å². The molecule has 0 saturated carbocycles. The molecule has 1 aromatic rings. The predicted molar refractivity (Wildman–Crippen MR) is 63.3 cm³/mol. The Hall–Kier alpha value is -0.980. The molecule has 0 aliphatic rings. The summed E-state index contributed by atoms with van der Waals surface area (Å²) in [6.07, 6.45) is 0.871. The van der Waals surface area contributed by atoms with Crippen LogP contribution >= 0.6 is 0 Å². The molecular weight excluding hydrogens is 245 g/mol. The van der Waals surface area contributed by atoms with Crippen LogP contribution in [0, 0.1) is 5.82 Å². The Morgan fingerprint density at radius 3 is 2.71 bits per heavy atom. The van der Waals surface area contributed by atoms with Crippen molar-refractivity contribution in [3.63, 3.8) is 0 Å². The Balaban J connectivity index is 2.44. The lowest BCUT2D eigenvalue weighted by molar-refractivity contribution is 0.287. The van der Waals surface area contributed by atoms with Gasteiger partial charge in [0.2, 0.25) is 10.0 Å². The molecule has 0 radical (unpaired) electrons. The minimum absolute atomic E-state index is 0.0145.